The Morgan fingerprint density at radius 2 is 1.90 bits per heavy atom. The van der Waals surface area contributed by atoms with Gasteiger partial charge < -0.3 is 30.0 Å². The second-order valence-corrected chi connectivity index (χ2v) is 6.82. The van der Waals surface area contributed by atoms with Gasteiger partial charge in [-0.25, -0.2) is 4.98 Å². The number of nitrogens with zero attached hydrogens (tertiary/aromatic N) is 1. The molecule has 0 aliphatic heterocycles. The van der Waals surface area contributed by atoms with Crippen molar-refractivity contribution in [1.82, 2.24) is 15.3 Å². The molecule has 4 N–H and O–H groups in total. The predicted molar refractivity (Wildman–Crippen MR) is 110 cm³/mol. The van der Waals surface area contributed by atoms with Gasteiger partial charge in [0.15, 0.2) is 11.5 Å². The third kappa shape index (κ3) is 5.46. The highest BCUT2D eigenvalue weighted by Crippen LogP contribution is 2.25. The van der Waals surface area contributed by atoms with E-state index >= 15 is 0 Å². The largest absolute Gasteiger partial charge is 0.504 e. The first-order valence-electron chi connectivity index (χ1n) is 9.40. The van der Waals surface area contributed by atoms with E-state index in [9.17, 15) is 15.0 Å². The summed E-state index contributed by atoms with van der Waals surface area (Å²) < 4.78 is 11.4. The Morgan fingerprint density at radius 1 is 1.14 bits per heavy atom. The minimum atomic E-state index is -0.744. The lowest BCUT2D eigenvalue weighted by Gasteiger charge is -2.18. The number of fused-ring (bicyclic) bond motifs is 1. The summed E-state index contributed by atoms with van der Waals surface area (Å²) in [7, 11) is 0. The van der Waals surface area contributed by atoms with Crippen LogP contribution in [0.2, 0.25) is 0 Å². The van der Waals surface area contributed by atoms with Crippen LogP contribution in [0.4, 0.5) is 0 Å². The molecular weight excluding hydrogens is 374 g/mol. The molecule has 3 rings (SSSR count). The normalized spacial score (nSPS) is 13.2. The van der Waals surface area contributed by atoms with Crippen LogP contribution < -0.4 is 20.3 Å². The summed E-state index contributed by atoms with van der Waals surface area (Å²) in [4.78, 5) is 18.7. The van der Waals surface area contributed by atoms with E-state index in [0.717, 1.165) is 0 Å². The Balaban J connectivity index is 1.47. The van der Waals surface area contributed by atoms with Crippen molar-refractivity contribution in [3.63, 3.8) is 0 Å². The lowest BCUT2D eigenvalue weighted by molar-refractivity contribution is 0.103. The fourth-order valence-corrected chi connectivity index (χ4v) is 2.80. The van der Waals surface area contributed by atoms with Crippen molar-refractivity contribution in [2.24, 2.45) is 0 Å². The first-order valence-corrected chi connectivity index (χ1v) is 9.40. The minimum absolute atomic E-state index is 0.0701. The van der Waals surface area contributed by atoms with Crippen LogP contribution >= 0.6 is 0 Å². The molecule has 2 aromatic carbocycles. The van der Waals surface area contributed by atoms with Gasteiger partial charge in [-0.1, -0.05) is 18.2 Å². The molecule has 0 aliphatic rings. The van der Waals surface area contributed by atoms with E-state index in [-0.39, 0.29) is 24.0 Å². The lowest BCUT2D eigenvalue weighted by atomic mass is 10.2. The molecule has 154 valence electrons. The van der Waals surface area contributed by atoms with Crippen molar-refractivity contribution in [2.75, 3.05) is 19.7 Å². The number of aryl methyl sites for hydroxylation is 1. The van der Waals surface area contributed by atoms with Crippen molar-refractivity contribution in [2.45, 2.75) is 26.1 Å². The number of hydrogen-bond donors (Lipinski definition) is 4. The minimum Gasteiger partial charge on any atom is -0.504 e. The van der Waals surface area contributed by atoms with Crippen molar-refractivity contribution < 1.29 is 19.7 Å². The first kappa shape index (κ1) is 20.6. The van der Waals surface area contributed by atoms with Crippen LogP contribution in [0.3, 0.4) is 0 Å². The fourth-order valence-electron chi connectivity index (χ4n) is 2.80. The summed E-state index contributed by atoms with van der Waals surface area (Å²) >= 11 is 0. The van der Waals surface area contributed by atoms with E-state index in [0.29, 0.717) is 41.3 Å². The van der Waals surface area contributed by atoms with E-state index in [1.807, 2.05) is 6.92 Å². The van der Waals surface area contributed by atoms with Gasteiger partial charge in [-0.05, 0) is 38.1 Å². The number of ether oxygens (including phenoxy) is 2. The zero-order valence-electron chi connectivity index (χ0n) is 16.4. The van der Waals surface area contributed by atoms with Crippen LogP contribution in [0.1, 0.15) is 12.6 Å². The topological polar surface area (TPSA) is 117 Å². The van der Waals surface area contributed by atoms with E-state index in [2.05, 4.69) is 15.3 Å². The van der Waals surface area contributed by atoms with Gasteiger partial charge >= 0.3 is 0 Å². The van der Waals surface area contributed by atoms with Gasteiger partial charge in [0.05, 0.1) is 5.52 Å². The fraction of sp³-hybridized carbons (Fsp3) is 0.333. The van der Waals surface area contributed by atoms with Crippen LogP contribution in [0.5, 0.6) is 17.2 Å². The van der Waals surface area contributed by atoms with E-state index in [4.69, 9.17) is 9.47 Å². The lowest BCUT2D eigenvalue weighted by Crippen LogP contribution is -2.36. The van der Waals surface area contributed by atoms with Crippen LogP contribution in [-0.4, -0.2) is 52.1 Å². The average molecular weight is 399 g/mol. The van der Waals surface area contributed by atoms with Gasteiger partial charge in [0.1, 0.15) is 35.8 Å². The Morgan fingerprint density at radius 3 is 2.69 bits per heavy atom. The molecule has 8 nitrogen and oxygen atoms in total. The molecule has 3 aromatic rings. The Kier molecular flexibility index (Phi) is 6.69. The van der Waals surface area contributed by atoms with Gasteiger partial charge in [-0.3, -0.25) is 4.79 Å². The number of nitrogens with one attached hydrogen (secondary N) is 2. The van der Waals surface area contributed by atoms with Crippen molar-refractivity contribution in [3.8, 4) is 17.2 Å². The van der Waals surface area contributed by atoms with Crippen LogP contribution in [0.15, 0.2) is 47.3 Å². The number of aliphatic hydroxyl groups is 1. The van der Waals surface area contributed by atoms with Gasteiger partial charge in [-0.2, -0.15) is 0 Å². The molecule has 1 heterocycles. The number of phenols is 1. The molecular formula is C21H25N3O5. The number of H-pyrrole nitrogens is 1. The average Bonchev–Trinajstić information content (AvgIpc) is 2.69. The van der Waals surface area contributed by atoms with Gasteiger partial charge in [0.2, 0.25) is 0 Å². The van der Waals surface area contributed by atoms with Crippen LogP contribution in [0, 0.1) is 6.92 Å². The first-order chi connectivity index (χ1) is 13.9. The maximum atomic E-state index is 11.7. The van der Waals surface area contributed by atoms with Gasteiger partial charge in [-0.15, -0.1) is 0 Å². The Bertz CT molecular complexity index is 1020. The molecule has 0 fully saturated rings. The molecule has 0 saturated carbocycles. The predicted octanol–water partition coefficient (Wildman–Crippen LogP) is 1.73. The molecule has 0 aliphatic carbocycles. The molecule has 2 unspecified atom stereocenters. The zero-order chi connectivity index (χ0) is 20.8. The number of aliphatic hydroxyl groups excluding tert-OH is 1. The van der Waals surface area contributed by atoms with Crippen molar-refractivity contribution >= 4 is 11.0 Å². The molecule has 2 atom stereocenters. The second-order valence-electron chi connectivity index (χ2n) is 6.82. The third-order valence-corrected chi connectivity index (χ3v) is 4.29. The smallest absolute Gasteiger partial charge is 0.269 e. The molecule has 0 saturated heterocycles. The monoisotopic (exact) mass is 399 g/mol. The number of aromatic hydroxyl groups is 1. The van der Waals surface area contributed by atoms with Gasteiger partial charge in [0, 0.05) is 13.1 Å². The maximum absolute atomic E-state index is 11.7. The van der Waals surface area contributed by atoms with Gasteiger partial charge in [0.25, 0.3) is 5.56 Å². The summed E-state index contributed by atoms with van der Waals surface area (Å²) in [6.45, 7) is 4.37. The summed E-state index contributed by atoms with van der Waals surface area (Å²) in [5.41, 5.74) is 1.25. The maximum Gasteiger partial charge on any atom is 0.269 e. The molecule has 0 amide bonds. The highest BCUT2D eigenvalue weighted by Gasteiger charge is 2.11. The van der Waals surface area contributed by atoms with Crippen molar-refractivity contribution in [3.05, 3.63) is 58.5 Å². The standard InChI is InChI=1S/C21H25N3O5/c1-13(29-18-8-4-3-7-17(18)26)10-22-11-15(25)12-28-19-9-5-6-16-20(19)23-14(2)21(27)24-16/h3-9,13,15,22,25-26H,10-12H2,1-2H3,(H,24,27). The summed E-state index contributed by atoms with van der Waals surface area (Å²) in [6, 6.07) is 12.0. The quantitative estimate of drug-likeness (QED) is 0.433. The Hall–Kier alpha value is -3.10. The summed E-state index contributed by atoms with van der Waals surface area (Å²) in [5, 5.41) is 23.0. The third-order valence-electron chi connectivity index (χ3n) is 4.29. The highest BCUT2D eigenvalue weighted by molar-refractivity contribution is 5.80. The Labute approximate surface area is 168 Å². The molecule has 8 heteroatoms. The van der Waals surface area contributed by atoms with E-state index in [1.165, 1.54) is 0 Å². The number of aromatic amines is 1. The number of benzene rings is 2. The van der Waals surface area contributed by atoms with Crippen LogP contribution in [0.25, 0.3) is 11.0 Å². The number of para-hydroxylation sites is 3. The molecule has 29 heavy (non-hydrogen) atoms. The van der Waals surface area contributed by atoms with E-state index < -0.39 is 6.10 Å². The number of hydrogen-bond acceptors (Lipinski definition) is 7. The zero-order valence-corrected chi connectivity index (χ0v) is 16.4. The SMILES string of the molecule is Cc1nc2c(OCC(O)CNCC(C)Oc3ccccc3O)cccc2[nH]c1=O. The highest BCUT2D eigenvalue weighted by atomic mass is 16.5. The number of aromatic nitrogens is 2. The van der Waals surface area contributed by atoms with Crippen LogP contribution in [-0.2, 0) is 0 Å². The number of rotatable bonds is 9. The molecule has 0 radical (unpaired) electrons. The summed E-state index contributed by atoms with van der Waals surface area (Å²) in [6.07, 6.45) is -0.940. The molecule has 0 spiro atoms. The summed E-state index contributed by atoms with van der Waals surface area (Å²) in [5.74, 6) is 1.01. The second kappa shape index (κ2) is 9.40. The molecule has 0 bridgehead atoms. The molecule has 1 aromatic heterocycles. The van der Waals surface area contributed by atoms with E-state index in [1.54, 1.807) is 49.4 Å². The van der Waals surface area contributed by atoms with Crippen molar-refractivity contribution in [1.29, 1.82) is 0 Å². The number of phenolic OH excluding ortho intramolecular Hbond substituents is 1.